The van der Waals surface area contributed by atoms with E-state index in [0.29, 0.717) is 24.8 Å². The molecule has 0 aromatic heterocycles. The van der Waals surface area contributed by atoms with Gasteiger partial charge in [0.1, 0.15) is 0 Å². The Balaban J connectivity index is 2.08. The summed E-state index contributed by atoms with van der Waals surface area (Å²) in [4.78, 5) is 13.9. The maximum Gasteiger partial charge on any atom is 0.223 e. The van der Waals surface area contributed by atoms with Crippen LogP contribution in [0.15, 0.2) is 0 Å². The number of hydrogen-bond donors (Lipinski definition) is 1. The monoisotopic (exact) mass is 196 g/mol. The van der Waals surface area contributed by atoms with E-state index >= 15 is 0 Å². The summed E-state index contributed by atoms with van der Waals surface area (Å²) in [5, 5.41) is 0. The van der Waals surface area contributed by atoms with Gasteiger partial charge in [-0.05, 0) is 31.6 Å². The molecule has 1 aliphatic carbocycles. The summed E-state index contributed by atoms with van der Waals surface area (Å²) in [6, 6.07) is 0. The lowest BCUT2D eigenvalue weighted by molar-refractivity contribution is -0.139. The van der Waals surface area contributed by atoms with Crippen molar-refractivity contribution in [1.82, 2.24) is 4.90 Å². The van der Waals surface area contributed by atoms with Crippen LogP contribution in [0.5, 0.6) is 0 Å². The summed E-state index contributed by atoms with van der Waals surface area (Å²) < 4.78 is 0. The van der Waals surface area contributed by atoms with Gasteiger partial charge >= 0.3 is 0 Å². The number of nitrogens with zero attached hydrogens (tertiary/aromatic N) is 1. The molecule has 1 aliphatic heterocycles. The summed E-state index contributed by atoms with van der Waals surface area (Å²) in [6.45, 7) is 3.66. The van der Waals surface area contributed by atoms with Crippen molar-refractivity contribution in [2.24, 2.45) is 11.7 Å². The molecule has 1 saturated heterocycles. The van der Waals surface area contributed by atoms with E-state index in [-0.39, 0.29) is 5.54 Å². The van der Waals surface area contributed by atoms with Crippen LogP contribution >= 0.6 is 0 Å². The maximum atomic E-state index is 11.9. The normalized spacial score (nSPS) is 35.3. The predicted molar refractivity (Wildman–Crippen MR) is 55.7 cm³/mol. The molecule has 1 saturated carbocycles. The van der Waals surface area contributed by atoms with Gasteiger partial charge in [0.2, 0.25) is 5.91 Å². The molecule has 3 heteroatoms. The molecule has 0 aromatic rings. The molecule has 1 amide bonds. The molecule has 3 nitrogen and oxygen atoms in total. The SMILES string of the molecule is CCCC(=O)N1CCC2CCC21CN. The number of rotatable bonds is 3. The molecule has 1 heterocycles. The summed E-state index contributed by atoms with van der Waals surface area (Å²) in [5.41, 5.74) is 5.92. The van der Waals surface area contributed by atoms with Gasteiger partial charge < -0.3 is 10.6 Å². The van der Waals surface area contributed by atoms with Crippen LogP contribution in [0.3, 0.4) is 0 Å². The molecule has 0 radical (unpaired) electrons. The van der Waals surface area contributed by atoms with Gasteiger partial charge in [0.05, 0.1) is 5.54 Å². The second-order valence-corrected chi connectivity index (χ2v) is 4.63. The largest absolute Gasteiger partial charge is 0.335 e. The topological polar surface area (TPSA) is 46.3 Å². The number of carbonyl (C=O) groups excluding carboxylic acids is 1. The first-order valence-electron chi connectivity index (χ1n) is 5.75. The fourth-order valence-electron chi connectivity index (χ4n) is 3.06. The van der Waals surface area contributed by atoms with E-state index in [1.54, 1.807) is 0 Å². The maximum absolute atomic E-state index is 11.9. The Morgan fingerprint density at radius 3 is 2.86 bits per heavy atom. The number of carbonyl (C=O) groups is 1. The number of nitrogens with two attached hydrogens (primary N) is 1. The Labute approximate surface area is 85.6 Å². The van der Waals surface area contributed by atoms with Crippen molar-refractivity contribution in [3.8, 4) is 0 Å². The van der Waals surface area contributed by atoms with E-state index in [9.17, 15) is 4.79 Å². The molecule has 2 aliphatic rings. The minimum Gasteiger partial charge on any atom is -0.335 e. The summed E-state index contributed by atoms with van der Waals surface area (Å²) in [5.74, 6) is 1.02. The van der Waals surface area contributed by atoms with Crippen LogP contribution in [0.4, 0.5) is 0 Å². The van der Waals surface area contributed by atoms with Crippen LogP contribution in [-0.2, 0) is 4.79 Å². The molecule has 0 bridgehead atoms. The molecule has 2 atom stereocenters. The van der Waals surface area contributed by atoms with Crippen LogP contribution in [0, 0.1) is 5.92 Å². The second kappa shape index (κ2) is 3.54. The van der Waals surface area contributed by atoms with Crippen molar-refractivity contribution in [3.63, 3.8) is 0 Å². The van der Waals surface area contributed by atoms with E-state index in [4.69, 9.17) is 5.73 Å². The average molecular weight is 196 g/mol. The van der Waals surface area contributed by atoms with Crippen molar-refractivity contribution in [1.29, 1.82) is 0 Å². The van der Waals surface area contributed by atoms with Crippen molar-refractivity contribution >= 4 is 5.91 Å². The molecule has 2 N–H and O–H groups in total. The lowest BCUT2D eigenvalue weighted by Crippen LogP contribution is -2.60. The standard InChI is InChI=1S/C11H20N2O/c1-2-3-10(14)13-7-5-9-4-6-11(9,13)8-12/h9H,2-8,12H2,1H3. The average Bonchev–Trinajstić information content (AvgIpc) is 2.39. The summed E-state index contributed by atoms with van der Waals surface area (Å²) >= 11 is 0. The summed E-state index contributed by atoms with van der Waals surface area (Å²) in [7, 11) is 0. The molecule has 2 unspecified atom stereocenters. The van der Waals surface area contributed by atoms with Crippen LogP contribution in [-0.4, -0.2) is 29.4 Å². The minimum absolute atomic E-state index is 0.0756. The lowest BCUT2D eigenvalue weighted by atomic mass is 9.67. The van der Waals surface area contributed by atoms with Gasteiger partial charge in [-0.25, -0.2) is 0 Å². The van der Waals surface area contributed by atoms with Gasteiger partial charge in [-0.3, -0.25) is 4.79 Å². The molecule has 2 rings (SSSR count). The molecule has 80 valence electrons. The van der Waals surface area contributed by atoms with Crippen LogP contribution in [0.2, 0.25) is 0 Å². The van der Waals surface area contributed by atoms with Crippen LogP contribution in [0.1, 0.15) is 39.0 Å². The Morgan fingerprint density at radius 2 is 2.36 bits per heavy atom. The molecule has 0 aromatic carbocycles. The zero-order valence-electron chi connectivity index (χ0n) is 8.96. The minimum atomic E-state index is 0.0756. The van der Waals surface area contributed by atoms with Gasteiger partial charge in [-0.2, -0.15) is 0 Å². The Kier molecular flexibility index (Phi) is 2.52. The third kappa shape index (κ3) is 1.18. The second-order valence-electron chi connectivity index (χ2n) is 4.63. The predicted octanol–water partition coefficient (Wildman–Crippen LogP) is 1.13. The molecular weight excluding hydrogens is 176 g/mol. The fraction of sp³-hybridized carbons (Fsp3) is 0.909. The molecule has 14 heavy (non-hydrogen) atoms. The Morgan fingerprint density at radius 1 is 1.57 bits per heavy atom. The quantitative estimate of drug-likeness (QED) is 0.735. The number of likely N-dealkylation sites (tertiary alicyclic amines) is 1. The third-order valence-electron chi connectivity index (χ3n) is 4.04. The highest BCUT2D eigenvalue weighted by Crippen LogP contribution is 2.49. The Hall–Kier alpha value is -0.570. The molecule has 0 spiro atoms. The molecular formula is C11H20N2O. The van der Waals surface area contributed by atoms with E-state index in [1.807, 2.05) is 0 Å². The zero-order valence-corrected chi connectivity index (χ0v) is 8.96. The van der Waals surface area contributed by atoms with Gasteiger partial charge in [-0.15, -0.1) is 0 Å². The van der Waals surface area contributed by atoms with E-state index in [2.05, 4.69) is 11.8 Å². The van der Waals surface area contributed by atoms with Gasteiger partial charge in [0.25, 0.3) is 0 Å². The zero-order chi connectivity index (χ0) is 10.2. The van der Waals surface area contributed by atoms with Crippen molar-refractivity contribution in [2.75, 3.05) is 13.1 Å². The van der Waals surface area contributed by atoms with Gasteiger partial charge in [-0.1, -0.05) is 6.92 Å². The van der Waals surface area contributed by atoms with E-state index < -0.39 is 0 Å². The first-order valence-corrected chi connectivity index (χ1v) is 5.75. The highest BCUT2D eigenvalue weighted by Gasteiger charge is 2.55. The number of fused-ring (bicyclic) bond motifs is 1. The smallest absolute Gasteiger partial charge is 0.223 e. The van der Waals surface area contributed by atoms with Gasteiger partial charge in [0.15, 0.2) is 0 Å². The Bertz CT molecular complexity index is 237. The molecule has 2 fully saturated rings. The van der Waals surface area contributed by atoms with Gasteiger partial charge in [0, 0.05) is 19.5 Å². The highest BCUT2D eigenvalue weighted by molar-refractivity contribution is 5.77. The first kappa shape index (κ1) is 9.97. The van der Waals surface area contributed by atoms with Crippen molar-refractivity contribution < 1.29 is 4.79 Å². The highest BCUT2D eigenvalue weighted by atomic mass is 16.2. The van der Waals surface area contributed by atoms with Crippen LogP contribution < -0.4 is 5.73 Å². The lowest BCUT2D eigenvalue weighted by Gasteiger charge is -2.49. The van der Waals surface area contributed by atoms with E-state index in [0.717, 1.165) is 19.4 Å². The third-order valence-corrected chi connectivity index (χ3v) is 4.04. The fourth-order valence-corrected chi connectivity index (χ4v) is 3.06. The van der Waals surface area contributed by atoms with Crippen molar-refractivity contribution in [3.05, 3.63) is 0 Å². The summed E-state index contributed by atoms with van der Waals surface area (Å²) in [6.07, 6.45) is 5.21. The number of amides is 1. The van der Waals surface area contributed by atoms with Crippen molar-refractivity contribution in [2.45, 2.75) is 44.6 Å². The number of hydrogen-bond acceptors (Lipinski definition) is 2. The van der Waals surface area contributed by atoms with E-state index in [1.165, 1.54) is 12.8 Å². The first-order chi connectivity index (χ1) is 6.74. The van der Waals surface area contributed by atoms with Crippen LogP contribution in [0.25, 0.3) is 0 Å².